The van der Waals surface area contributed by atoms with E-state index < -0.39 is 23.0 Å². The monoisotopic (exact) mass is 240 g/mol. The number of anilines is 1. The summed E-state index contributed by atoms with van der Waals surface area (Å²) in [4.78, 5) is 14.0. The zero-order valence-corrected chi connectivity index (χ0v) is 8.11. The third-order valence-corrected chi connectivity index (χ3v) is 1.87. The maximum absolute atomic E-state index is 12.3. The molecule has 0 aromatic carbocycles. The van der Waals surface area contributed by atoms with Gasteiger partial charge in [-0.15, -0.1) is 0 Å². The molecule has 0 aliphatic heterocycles. The molecule has 1 aromatic heterocycles. The number of nitrogen functional groups attached to an aromatic ring is 1. The molecule has 0 radical (unpaired) electrons. The lowest BCUT2D eigenvalue weighted by molar-refractivity contribution is 0.108. The summed E-state index contributed by atoms with van der Waals surface area (Å²) in [6.45, 7) is 0. The van der Waals surface area contributed by atoms with Crippen LogP contribution in [0.5, 0.6) is 0 Å². The first-order valence-electron chi connectivity index (χ1n) is 3.37. The summed E-state index contributed by atoms with van der Waals surface area (Å²) in [5, 5.41) is -1.20. The topological polar surface area (TPSA) is 56.0 Å². The Hall–Kier alpha value is -0.940. The molecule has 0 amide bonds. The molecule has 1 heterocycles. The lowest BCUT2D eigenvalue weighted by Gasteiger charge is -2.07. The lowest BCUT2D eigenvalue weighted by atomic mass is 10.2. The number of carbonyl (C=O) groups is 1. The Morgan fingerprint density at radius 3 is 2.57 bits per heavy atom. The van der Waals surface area contributed by atoms with Gasteiger partial charge in [-0.25, -0.2) is 13.8 Å². The number of hydrogen-bond acceptors (Lipinski definition) is 3. The fraction of sp³-hybridized carbons (Fsp3) is 0.143. The van der Waals surface area contributed by atoms with Crippen LogP contribution in [0.3, 0.4) is 0 Å². The van der Waals surface area contributed by atoms with E-state index in [1.54, 1.807) is 0 Å². The number of nitrogens with two attached hydrogens (primary N) is 1. The smallest absolute Gasteiger partial charge is 0.282 e. The van der Waals surface area contributed by atoms with Crippen molar-refractivity contribution in [1.82, 2.24) is 4.98 Å². The number of rotatable bonds is 2. The Labute approximate surface area is 87.8 Å². The van der Waals surface area contributed by atoms with Gasteiger partial charge in [0.25, 0.3) is 11.7 Å². The van der Waals surface area contributed by atoms with Gasteiger partial charge in [-0.1, -0.05) is 11.6 Å². The fourth-order valence-electron chi connectivity index (χ4n) is 0.871. The molecule has 0 saturated carbocycles. The van der Waals surface area contributed by atoms with Gasteiger partial charge in [-0.05, 0) is 17.7 Å². The predicted molar refractivity (Wildman–Crippen MR) is 48.8 cm³/mol. The summed E-state index contributed by atoms with van der Waals surface area (Å²) in [6, 6.07) is 1.04. The van der Waals surface area contributed by atoms with E-state index in [0.717, 1.165) is 6.07 Å². The maximum atomic E-state index is 12.3. The molecule has 0 bridgehead atoms. The van der Waals surface area contributed by atoms with Crippen LogP contribution in [0.1, 0.15) is 22.5 Å². The first kappa shape index (κ1) is 11.1. The molecule has 0 atom stereocenters. The second-order valence-corrected chi connectivity index (χ2v) is 3.10. The van der Waals surface area contributed by atoms with E-state index in [-0.39, 0.29) is 10.7 Å². The number of pyridine rings is 1. The number of alkyl halides is 2. The van der Waals surface area contributed by atoms with Crippen LogP contribution in [-0.2, 0) is 0 Å². The van der Waals surface area contributed by atoms with Crippen molar-refractivity contribution in [2.45, 2.75) is 6.43 Å². The van der Waals surface area contributed by atoms with Crippen molar-refractivity contribution < 1.29 is 13.6 Å². The zero-order chi connectivity index (χ0) is 10.9. The molecular formula is C7H4Cl2F2N2O. The van der Waals surface area contributed by atoms with Gasteiger partial charge in [0.1, 0.15) is 10.8 Å². The SMILES string of the molecule is Nc1c(C(=O)Cl)cc(Cl)nc1C(F)F. The summed E-state index contributed by atoms with van der Waals surface area (Å²) in [5.41, 5.74) is 3.81. The van der Waals surface area contributed by atoms with Crippen LogP contribution in [0.4, 0.5) is 14.5 Å². The van der Waals surface area contributed by atoms with Crippen molar-refractivity contribution in [2.24, 2.45) is 0 Å². The highest BCUT2D eigenvalue weighted by Crippen LogP contribution is 2.28. The second-order valence-electron chi connectivity index (χ2n) is 2.37. The average molecular weight is 241 g/mol. The Morgan fingerprint density at radius 1 is 1.57 bits per heavy atom. The maximum Gasteiger partial charge on any atom is 0.282 e. The molecule has 0 spiro atoms. The summed E-state index contributed by atoms with van der Waals surface area (Å²) in [6.07, 6.45) is -2.90. The molecule has 0 aliphatic carbocycles. The van der Waals surface area contributed by atoms with Crippen LogP contribution in [0.2, 0.25) is 5.15 Å². The minimum Gasteiger partial charge on any atom is -0.396 e. The molecule has 2 N–H and O–H groups in total. The molecule has 7 heteroatoms. The van der Waals surface area contributed by atoms with Crippen molar-refractivity contribution in [3.05, 3.63) is 22.5 Å². The number of halogens is 4. The van der Waals surface area contributed by atoms with Gasteiger partial charge in [-0.3, -0.25) is 4.79 Å². The molecule has 0 fully saturated rings. The van der Waals surface area contributed by atoms with Gasteiger partial charge in [0, 0.05) is 0 Å². The normalized spacial score (nSPS) is 10.6. The number of nitrogens with zero attached hydrogens (tertiary/aromatic N) is 1. The zero-order valence-electron chi connectivity index (χ0n) is 6.60. The first-order valence-corrected chi connectivity index (χ1v) is 4.13. The van der Waals surface area contributed by atoms with Gasteiger partial charge in [0.2, 0.25) is 0 Å². The molecule has 0 unspecified atom stereocenters. The largest absolute Gasteiger partial charge is 0.396 e. The molecule has 14 heavy (non-hydrogen) atoms. The van der Waals surface area contributed by atoms with E-state index in [0.29, 0.717) is 0 Å². The van der Waals surface area contributed by atoms with E-state index in [4.69, 9.17) is 28.9 Å². The molecule has 76 valence electrons. The fourth-order valence-corrected chi connectivity index (χ4v) is 1.23. The van der Waals surface area contributed by atoms with E-state index in [2.05, 4.69) is 4.98 Å². The van der Waals surface area contributed by atoms with Crippen LogP contribution in [0.15, 0.2) is 6.07 Å². The van der Waals surface area contributed by atoms with Gasteiger partial charge < -0.3 is 5.73 Å². The Kier molecular flexibility index (Phi) is 3.23. The highest BCUT2D eigenvalue weighted by Gasteiger charge is 2.20. The van der Waals surface area contributed by atoms with Crippen molar-refractivity contribution in [2.75, 3.05) is 5.73 Å². The third-order valence-electron chi connectivity index (χ3n) is 1.48. The summed E-state index contributed by atoms with van der Waals surface area (Å²) >= 11 is 10.5. The molecular weight excluding hydrogens is 237 g/mol. The standard InChI is InChI=1S/C7H4Cl2F2N2O/c8-3-1-2(6(9)14)4(12)5(13-3)7(10)11/h1,7H,12H2. The minimum absolute atomic E-state index is 0.251. The lowest BCUT2D eigenvalue weighted by Crippen LogP contribution is -2.05. The van der Waals surface area contributed by atoms with E-state index in [1.807, 2.05) is 0 Å². The third kappa shape index (κ3) is 2.10. The Balaban J connectivity index is 3.40. The highest BCUT2D eigenvalue weighted by molar-refractivity contribution is 6.68. The Morgan fingerprint density at radius 2 is 2.14 bits per heavy atom. The van der Waals surface area contributed by atoms with E-state index in [1.165, 1.54) is 0 Å². The van der Waals surface area contributed by atoms with Gasteiger partial charge >= 0.3 is 0 Å². The molecule has 3 nitrogen and oxygen atoms in total. The molecule has 1 rings (SSSR count). The van der Waals surface area contributed by atoms with Crippen LogP contribution < -0.4 is 5.73 Å². The molecule has 1 aromatic rings. The van der Waals surface area contributed by atoms with Gasteiger partial charge in [-0.2, -0.15) is 0 Å². The predicted octanol–water partition coefficient (Wildman–Crippen LogP) is 2.63. The number of hydrogen-bond donors (Lipinski definition) is 1. The highest BCUT2D eigenvalue weighted by atomic mass is 35.5. The van der Waals surface area contributed by atoms with E-state index >= 15 is 0 Å². The second kappa shape index (κ2) is 4.06. The number of carbonyl (C=O) groups excluding carboxylic acids is 1. The summed E-state index contributed by atoms with van der Waals surface area (Å²) in [7, 11) is 0. The van der Waals surface area contributed by atoms with Crippen molar-refractivity contribution in [3.8, 4) is 0 Å². The van der Waals surface area contributed by atoms with Crippen LogP contribution in [-0.4, -0.2) is 10.2 Å². The summed E-state index contributed by atoms with van der Waals surface area (Å²) in [5.74, 6) is 0. The number of aromatic nitrogens is 1. The summed E-state index contributed by atoms with van der Waals surface area (Å²) < 4.78 is 24.6. The molecule has 0 saturated heterocycles. The Bertz CT molecular complexity index is 384. The average Bonchev–Trinajstić information content (AvgIpc) is 2.07. The van der Waals surface area contributed by atoms with E-state index in [9.17, 15) is 13.6 Å². The molecule has 0 aliphatic rings. The van der Waals surface area contributed by atoms with Crippen molar-refractivity contribution in [1.29, 1.82) is 0 Å². The quantitative estimate of drug-likeness (QED) is 0.639. The van der Waals surface area contributed by atoms with Crippen LogP contribution in [0.25, 0.3) is 0 Å². The van der Waals surface area contributed by atoms with Crippen LogP contribution in [0, 0.1) is 0 Å². The van der Waals surface area contributed by atoms with Crippen molar-refractivity contribution in [3.63, 3.8) is 0 Å². The van der Waals surface area contributed by atoms with Gasteiger partial charge in [0.05, 0.1) is 11.3 Å². The first-order chi connectivity index (χ1) is 6.43. The van der Waals surface area contributed by atoms with Gasteiger partial charge in [0.15, 0.2) is 0 Å². The minimum atomic E-state index is -2.90. The van der Waals surface area contributed by atoms with Crippen LogP contribution >= 0.6 is 23.2 Å². The van der Waals surface area contributed by atoms with Crippen molar-refractivity contribution >= 4 is 34.1 Å².